The minimum atomic E-state index is -0.0628. The van der Waals surface area contributed by atoms with Crippen LogP contribution < -0.4 is 0 Å². The minimum Gasteiger partial charge on any atom is -0.396 e. The fourth-order valence-corrected chi connectivity index (χ4v) is 2.88. The number of amides is 1. The van der Waals surface area contributed by atoms with Crippen LogP contribution in [0.1, 0.15) is 16.8 Å². The van der Waals surface area contributed by atoms with Crippen molar-refractivity contribution in [3.63, 3.8) is 0 Å². The SMILES string of the molecule is O=C(c1cc(Cl)cc2cccnc12)N1CCC(CO)C1. The standard InChI is InChI=1S/C15H15ClN2O2/c16-12-6-11-2-1-4-17-14(11)13(7-12)15(20)18-5-3-10(8-18)9-19/h1-2,4,6-7,10,19H,3,5,8-9H2. The van der Waals surface area contributed by atoms with Gasteiger partial charge in [-0.05, 0) is 24.6 Å². The van der Waals surface area contributed by atoms with Crippen molar-refractivity contribution >= 4 is 28.4 Å². The highest BCUT2D eigenvalue weighted by Crippen LogP contribution is 2.25. The van der Waals surface area contributed by atoms with Gasteiger partial charge in [0.15, 0.2) is 0 Å². The van der Waals surface area contributed by atoms with E-state index in [2.05, 4.69) is 4.98 Å². The van der Waals surface area contributed by atoms with Crippen molar-refractivity contribution in [2.45, 2.75) is 6.42 Å². The molecular formula is C15H15ClN2O2. The van der Waals surface area contributed by atoms with E-state index in [1.54, 1.807) is 23.2 Å². The van der Waals surface area contributed by atoms with Gasteiger partial charge in [0.2, 0.25) is 0 Å². The van der Waals surface area contributed by atoms with Crippen molar-refractivity contribution in [1.29, 1.82) is 0 Å². The molecule has 104 valence electrons. The molecular weight excluding hydrogens is 276 g/mol. The highest BCUT2D eigenvalue weighted by atomic mass is 35.5. The number of rotatable bonds is 2. The van der Waals surface area contributed by atoms with Crippen molar-refractivity contribution in [1.82, 2.24) is 9.88 Å². The number of fused-ring (bicyclic) bond motifs is 1. The molecule has 1 unspecified atom stereocenters. The number of pyridine rings is 1. The lowest BCUT2D eigenvalue weighted by atomic mass is 10.1. The number of aliphatic hydroxyl groups is 1. The summed E-state index contributed by atoms with van der Waals surface area (Å²) in [7, 11) is 0. The zero-order valence-electron chi connectivity index (χ0n) is 10.9. The number of carbonyl (C=O) groups excluding carboxylic acids is 1. The van der Waals surface area contributed by atoms with Gasteiger partial charge < -0.3 is 10.0 Å². The maximum Gasteiger partial charge on any atom is 0.256 e. The molecule has 0 radical (unpaired) electrons. The molecule has 1 aliphatic heterocycles. The Hall–Kier alpha value is -1.65. The predicted molar refractivity (Wildman–Crippen MR) is 77.8 cm³/mol. The van der Waals surface area contributed by atoms with Gasteiger partial charge in [-0.1, -0.05) is 17.7 Å². The molecule has 5 heteroatoms. The quantitative estimate of drug-likeness (QED) is 0.924. The third-order valence-corrected chi connectivity index (χ3v) is 3.95. The van der Waals surface area contributed by atoms with Crippen LogP contribution in [-0.4, -0.2) is 40.6 Å². The van der Waals surface area contributed by atoms with Crippen molar-refractivity contribution in [2.24, 2.45) is 5.92 Å². The summed E-state index contributed by atoms with van der Waals surface area (Å²) in [4.78, 5) is 18.7. The average Bonchev–Trinajstić information content (AvgIpc) is 2.94. The van der Waals surface area contributed by atoms with Gasteiger partial charge in [0.05, 0.1) is 11.1 Å². The number of hydrogen-bond acceptors (Lipinski definition) is 3. The summed E-state index contributed by atoms with van der Waals surface area (Å²) in [6, 6.07) is 7.20. The molecule has 1 saturated heterocycles. The predicted octanol–water partition coefficient (Wildman–Crippen LogP) is 2.34. The smallest absolute Gasteiger partial charge is 0.256 e. The van der Waals surface area contributed by atoms with Gasteiger partial charge >= 0.3 is 0 Å². The van der Waals surface area contributed by atoms with Crippen LogP contribution in [0.15, 0.2) is 30.5 Å². The highest BCUT2D eigenvalue weighted by Gasteiger charge is 2.27. The van der Waals surface area contributed by atoms with E-state index in [-0.39, 0.29) is 18.4 Å². The summed E-state index contributed by atoms with van der Waals surface area (Å²) in [5.41, 5.74) is 1.21. The Bertz CT molecular complexity index is 659. The van der Waals surface area contributed by atoms with E-state index in [0.717, 1.165) is 11.8 Å². The second-order valence-electron chi connectivity index (χ2n) is 5.12. The summed E-state index contributed by atoms with van der Waals surface area (Å²) in [6.07, 6.45) is 2.52. The average molecular weight is 291 g/mol. The number of nitrogens with zero attached hydrogens (tertiary/aromatic N) is 2. The van der Waals surface area contributed by atoms with E-state index in [9.17, 15) is 9.90 Å². The largest absolute Gasteiger partial charge is 0.396 e. The molecule has 1 atom stereocenters. The molecule has 1 N–H and O–H groups in total. The van der Waals surface area contributed by atoms with Crippen LogP contribution in [0.4, 0.5) is 0 Å². The number of aliphatic hydroxyl groups excluding tert-OH is 1. The maximum absolute atomic E-state index is 12.6. The molecule has 20 heavy (non-hydrogen) atoms. The lowest BCUT2D eigenvalue weighted by Gasteiger charge is -2.17. The Balaban J connectivity index is 1.99. The zero-order chi connectivity index (χ0) is 14.1. The molecule has 1 amide bonds. The molecule has 2 aromatic rings. The lowest BCUT2D eigenvalue weighted by Crippen LogP contribution is -2.29. The Labute approximate surface area is 122 Å². The third kappa shape index (κ3) is 2.37. The Morgan fingerprint density at radius 3 is 3.10 bits per heavy atom. The fourth-order valence-electron chi connectivity index (χ4n) is 2.66. The van der Waals surface area contributed by atoms with Crippen LogP contribution in [0.3, 0.4) is 0 Å². The Kier molecular flexibility index (Phi) is 3.59. The maximum atomic E-state index is 12.6. The topological polar surface area (TPSA) is 53.4 Å². The molecule has 4 nitrogen and oxygen atoms in total. The molecule has 1 aliphatic rings. The van der Waals surface area contributed by atoms with Crippen molar-refractivity contribution in [3.05, 3.63) is 41.0 Å². The van der Waals surface area contributed by atoms with E-state index in [1.165, 1.54) is 0 Å². The molecule has 1 aromatic heterocycles. The van der Waals surface area contributed by atoms with Gasteiger partial charge in [-0.3, -0.25) is 9.78 Å². The van der Waals surface area contributed by atoms with Gasteiger partial charge in [0.25, 0.3) is 5.91 Å². The first-order valence-electron chi connectivity index (χ1n) is 6.63. The first-order valence-corrected chi connectivity index (χ1v) is 7.01. The Morgan fingerprint density at radius 1 is 1.50 bits per heavy atom. The van der Waals surface area contributed by atoms with Crippen LogP contribution >= 0.6 is 11.6 Å². The molecule has 3 rings (SSSR count). The van der Waals surface area contributed by atoms with Gasteiger partial charge in [-0.25, -0.2) is 0 Å². The monoisotopic (exact) mass is 290 g/mol. The molecule has 0 saturated carbocycles. The number of halogens is 1. The summed E-state index contributed by atoms with van der Waals surface area (Å²) in [5, 5.41) is 10.6. The highest BCUT2D eigenvalue weighted by molar-refractivity contribution is 6.32. The van der Waals surface area contributed by atoms with Gasteiger partial charge in [0.1, 0.15) is 0 Å². The van der Waals surface area contributed by atoms with E-state index in [4.69, 9.17) is 11.6 Å². The number of hydrogen-bond donors (Lipinski definition) is 1. The first kappa shape index (κ1) is 13.3. The molecule has 0 aliphatic carbocycles. The van der Waals surface area contributed by atoms with Crippen LogP contribution in [0.5, 0.6) is 0 Å². The van der Waals surface area contributed by atoms with Crippen molar-refractivity contribution in [3.8, 4) is 0 Å². The van der Waals surface area contributed by atoms with E-state index >= 15 is 0 Å². The van der Waals surface area contributed by atoms with E-state index < -0.39 is 0 Å². The molecule has 2 heterocycles. The van der Waals surface area contributed by atoms with Crippen LogP contribution in [0.2, 0.25) is 5.02 Å². The Morgan fingerprint density at radius 2 is 2.35 bits per heavy atom. The van der Waals surface area contributed by atoms with Crippen LogP contribution in [-0.2, 0) is 0 Å². The number of aromatic nitrogens is 1. The number of carbonyl (C=O) groups is 1. The molecule has 0 spiro atoms. The number of likely N-dealkylation sites (tertiary alicyclic amines) is 1. The van der Waals surface area contributed by atoms with E-state index in [1.807, 2.05) is 12.1 Å². The second-order valence-corrected chi connectivity index (χ2v) is 5.55. The second kappa shape index (κ2) is 5.38. The summed E-state index contributed by atoms with van der Waals surface area (Å²) >= 11 is 6.09. The zero-order valence-corrected chi connectivity index (χ0v) is 11.7. The summed E-state index contributed by atoms with van der Waals surface area (Å²) in [6.45, 7) is 1.39. The van der Waals surface area contributed by atoms with Gasteiger partial charge in [0, 0.05) is 42.2 Å². The summed E-state index contributed by atoms with van der Waals surface area (Å²) in [5.74, 6) is 0.115. The number of benzene rings is 1. The third-order valence-electron chi connectivity index (χ3n) is 3.73. The van der Waals surface area contributed by atoms with Gasteiger partial charge in [-0.15, -0.1) is 0 Å². The first-order chi connectivity index (χ1) is 9.69. The van der Waals surface area contributed by atoms with Gasteiger partial charge in [-0.2, -0.15) is 0 Å². The van der Waals surface area contributed by atoms with E-state index in [0.29, 0.717) is 29.2 Å². The molecule has 1 fully saturated rings. The van der Waals surface area contributed by atoms with Crippen molar-refractivity contribution in [2.75, 3.05) is 19.7 Å². The van der Waals surface area contributed by atoms with Crippen molar-refractivity contribution < 1.29 is 9.90 Å². The molecule has 0 bridgehead atoms. The minimum absolute atomic E-state index is 0.0628. The van der Waals surface area contributed by atoms with Crippen LogP contribution in [0, 0.1) is 5.92 Å². The van der Waals surface area contributed by atoms with Crippen LogP contribution in [0.25, 0.3) is 10.9 Å². The fraction of sp³-hybridized carbons (Fsp3) is 0.333. The summed E-state index contributed by atoms with van der Waals surface area (Å²) < 4.78 is 0. The normalized spacial score (nSPS) is 18.7. The molecule has 1 aromatic carbocycles. The lowest BCUT2D eigenvalue weighted by molar-refractivity contribution is 0.0783.